The van der Waals surface area contributed by atoms with Crippen molar-refractivity contribution in [1.29, 1.82) is 0 Å². The van der Waals surface area contributed by atoms with Crippen LogP contribution in [0.1, 0.15) is 5.56 Å². The van der Waals surface area contributed by atoms with Gasteiger partial charge in [-0.25, -0.2) is 0 Å². The summed E-state index contributed by atoms with van der Waals surface area (Å²) in [7, 11) is 1.60. The lowest BCUT2D eigenvalue weighted by Crippen LogP contribution is -2.19. The van der Waals surface area contributed by atoms with Gasteiger partial charge in [0.1, 0.15) is 6.61 Å². The van der Waals surface area contributed by atoms with Crippen LogP contribution < -0.4 is 5.32 Å². The molecule has 0 heterocycles. The quantitative estimate of drug-likeness (QED) is 0.591. The molecule has 5 heteroatoms. The summed E-state index contributed by atoms with van der Waals surface area (Å²) in [6, 6.07) is 7.79. The molecule has 0 fully saturated rings. The Bertz CT molecular complexity index is 354. The van der Waals surface area contributed by atoms with E-state index in [1.54, 1.807) is 7.11 Å². The highest BCUT2D eigenvalue weighted by molar-refractivity contribution is 9.09. The number of carbonyl (C=O) groups is 1. The molecule has 4 nitrogen and oxygen atoms in total. The van der Waals surface area contributed by atoms with E-state index in [1.165, 1.54) is 5.56 Å². The molecular weight excluding hydrogens is 298 g/mol. The molecule has 0 aliphatic heterocycles. The molecule has 100 valence electrons. The standard InChI is InChI=1S/C13H18BrNO3/c1-17-8-9-18-10-13(16)15-12-4-2-11(3-5-12)6-7-14/h2-5H,6-10H2,1H3,(H,15,16). The van der Waals surface area contributed by atoms with E-state index in [4.69, 9.17) is 9.47 Å². The van der Waals surface area contributed by atoms with Crippen molar-refractivity contribution in [2.75, 3.05) is 37.6 Å². The van der Waals surface area contributed by atoms with Gasteiger partial charge in [-0.3, -0.25) is 4.79 Å². The van der Waals surface area contributed by atoms with Gasteiger partial charge in [-0.05, 0) is 24.1 Å². The topological polar surface area (TPSA) is 47.6 Å². The Morgan fingerprint density at radius 1 is 1.28 bits per heavy atom. The molecule has 0 radical (unpaired) electrons. The zero-order chi connectivity index (χ0) is 13.2. The lowest BCUT2D eigenvalue weighted by atomic mass is 10.1. The number of methoxy groups -OCH3 is 1. The van der Waals surface area contributed by atoms with Crippen molar-refractivity contribution in [1.82, 2.24) is 0 Å². The van der Waals surface area contributed by atoms with Gasteiger partial charge in [0, 0.05) is 18.1 Å². The highest BCUT2D eigenvalue weighted by Crippen LogP contribution is 2.10. The number of hydrogen-bond donors (Lipinski definition) is 1. The molecule has 1 rings (SSSR count). The second-order valence-corrected chi connectivity index (χ2v) is 4.52. The van der Waals surface area contributed by atoms with Crippen molar-refractivity contribution in [2.45, 2.75) is 6.42 Å². The minimum Gasteiger partial charge on any atom is -0.382 e. The Morgan fingerprint density at radius 2 is 2.00 bits per heavy atom. The van der Waals surface area contributed by atoms with Crippen LogP contribution in [0.2, 0.25) is 0 Å². The SMILES string of the molecule is COCCOCC(=O)Nc1ccc(CCBr)cc1. The summed E-state index contributed by atoms with van der Waals surface area (Å²) in [5, 5.41) is 3.71. The number of nitrogens with one attached hydrogen (secondary N) is 1. The largest absolute Gasteiger partial charge is 0.382 e. The summed E-state index contributed by atoms with van der Waals surface area (Å²) < 4.78 is 9.94. The third-order valence-corrected chi connectivity index (χ3v) is 2.68. The van der Waals surface area contributed by atoms with Crippen molar-refractivity contribution in [3.05, 3.63) is 29.8 Å². The Balaban J connectivity index is 2.30. The highest BCUT2D eigenvalue weighted by Gasteiger charge is 2.02. The van der Waals surface area contributed by atoms with Crippen LogP contribution in [0.4, 0.5) is 5.69 Å². The first kappa shape index (κ1) is 15.1. The fraction of sp³-hybridized carbons (Fsp3) is 0.462. The first-order valence-corrected chi connectivity index (χ1v) is 6.90. The summed E-state index contributed by atoms with van der Waals surface area (Å²) in [5.74, 6) is -0.153. The van der Waals surface area contributed by atoms with E-state index in [-0.39, 0.29) is 12.5 Å². The van der Waals surface area contributed by atoms with E-state index >= 15 is 0 Å². The predicted octanol–water partition coefficient (Wildman–Crippen LogP) is 2.23. The molecule has 1 amide bonds. The van der Waals surface area contributed by atoms with Crippen LogP contribution in [-0.4, -0.2) is 38.2 Å². The molecule has 1 aromatic rings. The lowest BCUT2D eigenvalue weighted by Gasteiger charge is -2.06. The zero-order valence-electron chi connectivity index (χ0n) is 10.4. The van der Waals surface area contributed by atoms with Gasteiger partial charge < -0.3 is 14.8 Å². The van der Waals surface area contributed by atoms with Crippen LogP contribution in [0.3, 0.4) is 0 Å². The van der Waals surface area contributed by atoms with Crippen molar-refractivity contribution >= 4 is 27.5 Å². The second kappa shape index (κ2) is 9.08. The van der Waals surface area contributed by atoms with E-state index in [0.29, 0.717) is 13.2 Å². The normalized spacial score (nSPS) is 10.3. The fourth-order valence-corrected chi connectivity index (χ4v) is 1.83. The number of amides is 1. The average Bonchev–Trinajstić information content (AvgIpc) is 2.37. The van der Waals surface area contributed by atoms with Crippen molar-refractivity contribution < 1.29 is 14.3 Å². The van der Waals surface area contributed by atoms with Gasteiger partial charge in [-0.15, -0.1) is 0 Å². The van der Waals surface area contributed by atoms with E-state index in [2.05, 4.69) is 21.2 Å². The van der Waals surface area contributed by atoms with Crippen LogP contribution in [-0.2, 0) is 20.7 Å². The van der Waals surface area contributed by atoms with Crippen molar-refractivity contribution in [3.63, 3.8) is 0 Å². The van der Waals surface area contributed by atoms with Crippen molar-refractivity contribution in [3.8, 4) is 0 Å². The predicted molar refractivity (Wildman–Crippen MR) is 75.3 cm³/mol. The van der Waals surface area contributed by atoms with Gasteiger partial charge in [0.05, 0.1) is 13.2 Å². The number of rotatable bonds is 8. The number of halogens is 1. The summed E-state index contributed by atoms with van der Waals surface area (Å²) in [6.07, 6.45) is 0.981. The van der Waals surface area contributed by atoms with E-state index < -0.39 is 0 Å². The van der Waals surface area contributed by atoms with Gasteiger partial charge in [0.2, 0.25) is 5.91 Å². The Morgan fingerprint density at radius 3 is 2.61 bits per heavy atom. The monoisotopic (exact) mass is 315 g/mol. The number of anilines is 1. The van der Waals surface area contributed by atoms with Crippen LogP contribution in [0.5, 0.6) is 0 Å². The summed E-state index contributed by atoms with van der Waals surface area (Å²) in [5.41, 5.74) is 2.02. The van der Waals surface area contributed by atoms with E-state index in [1.807, 2.05) is 24.3 Å². The van der Waals surface area contributed by atoms with Gasteiger partial charge in [-0.1, -0.05) is 28.1 Å². The van der Waals surface area contributed by atoms with Gasteiger partial charge >= 0.3 is 0 Å². The first-order valence-electron chi connectivity index (χ1n) is 5.77. The van der Waals surface area contributed by atoms with E-state index in [9.17, 15) is 4.79 Å². The number of carbonyl (C=O) groups excluding carboxylic acids is 1. The number of alkyl halides is 1. The van der Waals surface area contributed by atoms with Gasteiger partial charge in [0.15, 0.2) is 0 Å². The molecular formula is C13H18BrNO3. The van der Waals surface area contributed by atoms with Crippen LogP contribution in [0, 0.1) is 0 Å². The number of hydrogen-bond acceptors (Lipinski definition) is 3. The molecule has 1 aromatic carbocycles. The minimum absolute atomic E-state index is 0.0481. The summed E-state index contributed by atoms with van der Waals surface area (Å²) in [4.78, 5) is 11.5. The second-order valence-electron chi connectivity index (χ2n) is 3.73. The Labute approximate surface area is 116 Å². The van der Waals surface area contributed by atoms with Gasteiger partial charge in [0.25, 0.3) is 0 Å². The number of benzene rings is 1. The van der Waals surface area contributed by atoms with Crippen LogP contribution >= 0.6 is 15.9 Å². The molecule has 0 atom stereocenters. The molecule has 0 aromatic heterocycles. The zero-order valence-corrected chi connectivity index (χ0v) is 12.0. The molecule has 0 aliphatic rings. The van der Waals surface area contributed by atoms with E-state index in [0.717, 1.165) is 17.4 Å². The first-order chi connectivity index (χ1) is 8.76. The third kappa shape index (κ3) is 6.14. The van der Waals surface area contributed by atoms with Gasteiger partial charge in [-0.2, -0.15) is 0 Å². The molecule has 0 unspecified atom stereocenters. The molecule has 0 aliphatic carbocycles. The van der Waals surface area contributed by atoms with Crippen molar-refractivity contribution in [2.24, 2.45) is 0 Å². The third-order valence-electron chi connectivity index (χ3n) is 2.29. The molecule has 0 saturated carbocycles. The highest BCUT2D eigenvalue weighted by atomic mass is 79.9. The number of aryl methyl sites for hydroxylation is 1. The molecule has 18 heavy (non-hydrogen) atoms. The molecule has 0 bridgehead atoms. The smallest absolute Gasteiger partial charge is 0.250 e. The fourth-order valence-electron chi connectivity index (χ4n) is 1.37. The maximum absolute atomic E-state index is 11.5. The molecule has 1 N–H and O–H groups in total. The summed E-state index contributed by atoms with van der Waals surface area (Å²) in [6.45, 7) is 0.967. The lowest BCUT2D eigenvalue weighted by molar-refractivity contribution is -0.121. The average molecular weight is 316 g/mol. The summed E-state index contributed by atoms with van der Waals surface area (Å²) >= 11 is 3.39. The maximum atomic E-state index is 11.5. The molecule has 0 saturated heterocycles. The van der Waals surface area contributed by atoms with Crippen LogP contribution in [0.15, 0.2) is 24.3 Å². The van der Waals surface area contributed by atoms with Crippen LogP contribution in [0.25, 0.3) is 0 Å². The Kier molecular flexibility index (Phi) is 7.64. The maximum Gasteiger partial charge on any atom is 0.250 e. The minimum atomic E-state index is -0.153. The number of ether oxygens (including phenoxy) is 2. The Hall–Kier alpha value is -0.910. The molecule has 0 spiro atoms.